The van der Waals surface area contributed by atoms with Crippen molar-refractivity contribution in [2.45, 2.75) is 55.9 Å². The summed E-state index contributed by atoms with van der Waals surface area (Å²) < 4.78 is 34.8. The van der Waals surface area contributed by atoms with Gasteiger partial charge in [-0.05, 0) is 43.4 Å². The Hall–Kier alpha value is -3.08. The second kappa shape index (κ2) is 10.7. The second-order valence-corrected chi connectivity index (χ2v) is 10.1. The Morgan fingerprint density at radius 3 is 2.73 bits per heavy atom. The maximum atomic E-state index is 12.6. The number of nitrogens with zero attached hydrogens (tertiary/aromatic N) is 1. The molecule has 2 unspecified atom stereocenters. The van der Waals surface area contributed by atoms with E-state index in [1.165, 1.54) is 13.2 Å². The predicted octanol–water partition coefficient (Wildman–Crippen LogP) is 2.78. The molecule has 0 radical (unpaired) electrons. The van der Waals surface area contributed by atoms with E-state index in [0.29, 0.717) is 30.1 Å². The molecule has 1 fully saturated rings. The third kappa shape index (κ3) is 6.70. The van der Waals surface area contributed by atoms with Crippen LogP contribution in [0.4, 0.5) is 10.6 Å². The van der Waals surface area contributed by atoms with Gasteiger partial charge in [0.1, 0.15) is 11.9 Å². The van der Waals surface area contributed by atoms with E-state index in [1.807, 2.05) is 6.92 Å². The van der Waals surface area contributed by atoms with Crippen LogP contribution in [0, 0.1) is 0 Å². The molecule has 3 N–H and O–H groups in total. The summed E-state index contributed by atoms with van der Waals surface area (Å²) in [5.74, 6) is 0.515. The van der Waals surface area contributed by atoms with E-state index in [2.05, 4.69) is 20.8 Å². The summed E-state index contributed by atoms with van der Waals surface area (Å²) in [6.07, 6.45) is 3.54. The minimum absolute atomic E-state index is 0.0553. The first kappa shape index (κ1) is 24.6. The lowest BCUT2D eigenvalue weighted by Crippen LogP contribution is -2.28. The van der Waals surface area contributed by atoms with Crippen molar-refractivity contribution in [2.24, 2.45) is 0 Å². The monoisotopic (exact) mass is 478 g/mol. The summed E-state index contributed by atoms with van der Waals surface area (Å²) in [5.41, 5.74) is 1.23. The van der Waals surface area contributed by atoms with Crippen LogP contribution < -0.4 is 15.4 Å². The number of hydrogen-bond acceptors (Lipinski definition) is 7. The molecule has 0 spiro atoms. The summed E-state index contributed by atoms with van der Waals surface area (Å²) >= 11 is 0. The normalized spacial score (nSPS) is 18.0. The first-order valence-electron chi connectivity index (χ1n) is 10.9. The molecular weight excluding hydrogens is 448 g/mol. The molecule has 1 aliphatic carbocycles. The van der Waals surface area contributed by atoms with Gasteiger partial charge in [0.05, 0.1) is 18.4 Å². The van der Waals surface area contributed by atoms with Gasteiger partial charge in [-0.1, -0.05) is 13.0 Å². The van der Waals surface area contributed by atoms with Gasteiger partial charge < -0.3 is 20.1 Å². The van der Waals surface area contributed by atoms with Gasteiger partial charge in [-0.25, -0.2) is 13.2 Å². The number of ether oxygens (including phenoxy) is 2. The van der Waals surface area contributed by atoms with Crippen LogP contribution in [0.2, 0.25) is 0 Å². The number of benzene rings is 1. The maximum absolute atomic E-state index is 12.6. The van der Waals surface area contributed by atoms with E-state index in [-0.39, 0.29) is 29.2 Å². The number of methoxy groups -OCH3 is 1. The largest absolute Gasteiger partial charge is 0.497 e. The quantitative estimate of drug-likeness (QED) is 0.503. The van der Waals surface area contributed by atoms with Crippen molar-refractivity contribution < 1.29 is 27.5 Å². The fourth-order valence-electron chi connectivity index (χ4n) is 3.87. The minimum atomic E-state index is -3.53. The maximum Gasteiger partial charge on any atom is 0.407 e. The van der Waals surface area contributed by atoms with Gasteiger partial charge in [0.15, 0.2) is 15.7 Å². The van der Waals surface area contributed by atoms with Crippen LogP contribution in [0.5, 0.6) is 5.75 Å². The molecule has 2 amide bonds. The van der Waals surface area contributed by atoms with Gasteiger partial charge in [0, 0.05) is 30.5 Å². The average molecular weight is 479 g/mol. The molecule has 0 saturated heterocycles. The Balaban J connectivity index is 1.58. The Morgan fingerprint density at radius 2 is 2.03 bits per heavy atom. The molecule has 3 rings (SSSR count). The van der Waals surface area contributed by atoms with Gasteiger partial charge in [-0.2, -0.15) is 5.10 Å². The van der Waals surface area contributed by atoms with Crippen LogP contribution in [0.25, 0.3) is 0 Å². The molecule has 10 nitrogen and oxygen atoms in total. The molecule has 0 aliphatic heterocycles. The fourth-order valence-corrected chi connectivity index (χ4v) is 4.82. The zero-order valence-corrected chi connectivity index (χ0v) is 19.8. The highest BCUT2D eigenvalue weighted by Crippen LogP contribution is 2.35. The van der Waals surface area contributed by atoms with Crippen LogP contribution in [0.15, 0.2) is 29.2 Å². The molecule has 0 bridgehead atoms. The van der Waals surface area contributed by atoms with Crippen molar-refractivity contribution in [1.82, 2.24) is 15.5 Å². The topological polar surface area (TPSA) is 139 Å². The van der Waals surface area contributed by atoms with Gasteiger partial charge in [-0.3, -0.25) is 9.89 Å². The highest BCUT2D eigenvalue weighted by atomic mass is 32.2. The molecular formula is C22H30N4O6S. The first-order valence-corrected chi connectivity index (χ1v) is 12.7. The van der Waals surface area contributed by atoms with Crippen molar-refractivity contribution in [3.05, 3.63) is 35.5 Å². The van der Waals surface area contributed by atoms with Crippen molar-refractivity contribution in [3.8, 4) is 5.75 Å². The van der Waals surface area contributed by atoms with E-state index in [1.54, 1.807) is 18.2 Å². The van der Waals surface area contributed by atoms with E-state index >= 15 is 0 Å². The molecule has 1 heterocycles. The van der Waals surface area contributed by atoms with Crippen LogP contribution in [0.3, 0.4) is 0 Å². The Morgan fingerprint density at radius 1 is 1.24 bits per heavy atom. The van der Waals surface area contributed by atoms with E-state index < -0.39 is 15.9 Å². The summed E-state index contributed by atoms with van der Waals surface area (Å²) in [6.45, 7) is 2.56. The summed E-state index contributed by atoms with van der Waals surface area (Å²) in [5, 5.41) is 12.5. The molecule has 2 aromatic rings. The Bertz CT molecular complexity index is 1100. The lowest BCUT2D eigenvalue weighted by atomic mass is 10.0. The molecule has 1 aliphatic rings. The number of alkyl carbamates (subject to hydrolysis) is 1. The molecule has 1 aromatic carbocycles. The van der Waals surface area contributed by atoms with E-state index in [9.17, 15) is 18.0 Å². The highest BCUT2D eigenvalue weighted by molar-refractivity contribution is 7.90. The smallest absolute Gasteiger partial charge is 0.407 e. The van der Waals surface area contributed by atoms with Crippen molar-refractivity contribution in [3.63, 3.8) is 0 Å². The zero-order valence-electron chi connectivity index (χ0n) is 19.0. The van der Waals surface area contributed by atoms with Gasteiger partial charge in [0.2, 0.25) is 5.91 Å². The number of sulfone groups is 1. The van der Waals surface area contributed by atoms with E-state index in [4.69, 9.17) is 9.47 Å². The van der Waals surface area contributed by atoms with Crippen LogP contribution in [-0.4, -0.2) is 56.6 Å². The lowest BCUT2D eigenvalue weighted by Gasteiger charge is -2.12. The number of carbonyl (C=O) groups is 2. The second-order valence-electron chi connectivity index (χ2n) is 8.14. The van der Waals surface area contributed by atoms with E-state index in [0.717, 1.165) is 31.2 Å². The fraction of sp³-hybridized carbons (Fsp3) is 0.500. The minimum Gasteiger partial charge on any atom is -0.497 e. The number of aromatic amines is 1. The average Bonchev–Trinajstić information content (AvgIpc) is 3.41. The molecule has 1 saturated carbocycles. The number of aromatic nitrogens is 2. The van der Waals surface area contributed by atoms with Crippen molar-refractivity contribution in [1.29, 1.82) is 0 Å². The summed E-state index contributed by atoms with van der Waals surface area (Å²) in [7, 11) is -2.09. The number of hydrogen-bond donors (Lipinski definition) is 3. The third-order valence-electron chi connectivity index (χ3n) is 5.51. The molecule has 1 aromatic heterocycles. The predicted molar refractivity (Wildman–Crippen MR) is 122 cm³/mol. The first-order chi connectivity index (χ1) is 15.7. The number of anilines is 1. The van der Waals surface area contributed by atoms with Crippen molar-refractivity contribution >= 4 is 27.7 Å². The number of H-pyrrole nitrogens is 1. The number of nitrogens with one attached hydrogen (secondary N) is 3. The summed E-state index contributed by atoms with van der Waals surface area (Å²) in [4.78, 5) is 24.4. The Labute approximate surface area is 193 Å². The molecule has 2 atom stereocenters. The Kier molecular flexibility index (Phi) is 7.96. The van der Waals surface area contributed by atoms with Gasteiger partial charge in [-0.15, -0.1) is 0 Å². The summed E-state index contributed by atoms with van der Waals surface area (Å²) in [6, 6.07) is 6.35. The molecule has 11 heteroatoms. The lowest BCUT2D eigenvalue weighted by molar-refractivity contribution is -0.115. The van der Waals surface area contributed by atoms with Crippen LogP contribution >= 0.6 is 0 Å². The standard InChI is InChI=1S/C22H30N4O6S/c1-4-9-23-22(28)32-17-8-5-14(10-17)18-13-20(26-25-18)24-21(27)11-15-6-7-16(31-2)12-19(15)33(3,29)30/h6-7,12-14,17H,4-5,8-11H2,1-3H3,(H,23,28)(H2,24,25,26,27). The van der Waals surface area contributed by atoms with Crippen LogP contribution in [0.1, 0.15) is 49.8 Å². The number of carbonyl (C=O) groups excluding carboxylic acids is 2. The van der Waals surface area contributed by atoms with Gasteiger partial charge in [0.25, 0.3) is 0 Å². The molecule has 180 valence electrons. The third-order valence-corrected chi connectivity index (χ3v) is 6.69. The molecule has 33 heavy (non-hydrogen) atoms. The van der Waals surface area contributed by atoms with Gasteiger partial charge >= 0.3 is 6.09 Å². The SMILES string of the molecule is CCCNC(=O)OC1CCC(c2cc(NC(=O)Cc3ccc(OC)cc3S(C)(=O)=O)n[nH]2)C1. The van der Waals surface area contributed by atoms with Crippen LogP contribution in [-0.2, 0) is 25.8 Å². The number of amides is 2. The van der Waals surface area contributed by atoms with Crippen molar-refractivity contribution in [2.75, 3.05) is 25.2 Å². The zero-order chi connectivity index (χ0) is 24.0. The highest BCUT2D eigenvalue weighted by Gasteiger charge is 2.30. The number of rotatable bonds is 9.